The zero-order valence-electron chi connectivity index (χ0n) is 15.0. The first-order valence-corrected chi connectivity index (χ1v) is 8.88. The van der Waals surface area contributed by atoms with E-state index in [1.165, 1.54) is 7.11 Å². The van der Waals surface area contributed by atoms with Crippen LogP contribution in [0.1, 0.15) is 28.3 Å². The van der Waals surface area contributed by atoms with Crippen molar-refractivity contribution in [2.75, 3.05) is 18.6 Å². The summed E-state index contributed by atoms with van der Waals surface area (Å²) in [5, 5.41) is 0. The Morgan fingerprint density at radius 3 is 2.41 bits per heavy atom. The average molecular weight is 360 g/mol. The minimum absolute atomic E-state index is 0.0447. The summed E-state index contributed by atoms with van der Waals surface area (Å²) in [5.41, 5.74) is 3.51. The number of hydrogen-bond donors (Lipinski definition) is 0. The zero-order valence-corrected chi connectivity index (χ0v) is 15.0. The fourth-order valence-electron chi connectivity index (χ4n) is 3.59. The van der Waals surface area contributed by atoms with Crippen molar-refractivity contribution in [3.05, 3.63) is 84.2 Å². The molecule has 1 amide bonds. The van der Waals surface area contributed by atoms with Crippen molar-refractivity contribution in [2.24, 2.45) is 0 Å². The number of carbonyl (C=O) groups excluding carboxylic acids is 2. The molecule has 1 aromatic heterocycles. The van der Waals surface area contributed by atoms with Crippen LogP contribution in [0, 0.1) is 0 Å². The first-order chi connectivity index (χ1) is 13.2. The second-order valence-corrected chi connectivity index (χ2v) is 6.59. The van der Waals surface area contributed by atoms with Crippen molar-refractivity contribution in [1.82, 2.24) is 4.57 Å². The Kier molecular flexibility index (Phi) is 4.50. The van der Waals surface area contributed by atoms with Gasteiger partial charge < -0.3 is 14.2 Å². The van der Waals surface area contributed by atoms with Gasteiger partial charge in [-0.2, -0.15) is 0 Å². The van der Waals surface area contributed by atoms with Gasteiger partial charge in [-0.1, -0.05) is 18.2 Å². The van der Waals surface area contributed by atoms with Crippen LogP contribution in [-0.4, -0.2) is 30.1 Å². The SMILES string of the molecule is COC(=O)CC1CN(C(=O)c2ccc(-n3cccc3)cc2)c2ccccc21. The summed E-state index contributed by atoms with van der Waals surface area (Å²) in [6.07, 6.45) is 4.19. The third kappa shape index (κ3) is 3.24. The summed E-state index contributed by atoms with van der Waals surface area (Å²) in [5.74, 6) is -0.370. The monoisotopic (exact) mass is 360 g/mol. The molecule has 1 unspecified atom stereocenters. The van der Waals surface area contributed by atoms with Gasteiger partial charge >= 0.3 is 5.97 Å². The van der Waals surface area contributed by atoms with E-state index in [0.29, 0.717) is 12.1 Å². The number of anilines is 1. The maximum atomic E-state index is 13.1. The molecule has 0 bridgehead atoms. The number of aromatic nitrogens is 1. The fraction of sp³-hybridized carbons (Fsp3) is 0.182. The third-order valence-electron chi connectivity index (χ3n) is 4.97. The highest BCUT2D eigenvalue weighted by atomic mass is 16.5. The van der Waals surface area contributed by atoms with Crippen LogP contribution in [0.4, 0.5) is 5.69 Å². The molecule has 0 aliphatic carbocycles. The van der Waals surface area contributed by atoms with Gasteiger partial charge in [-0.15, -0.1) is 0 Å². The molecule has 0 fully saturated rings. The van der Waals surface area contributed by atoms with E-state index in [-0.39, 0.29) is 24.2 Å². The number of hydrogen-bond acceptors (Lipinski definition) is 3. The van der Waals surface area contributed by atoms with Crippen molar-refractivity contribution < 1.29 is 14.3 Å². The number of para-hydroxylation sites is 1. The summed E-state index contributed by atoms with van der Waals surface area (Å²) >= 11 is 0. The fourth-order valence-corrected chi connectivity index (χ4v) is 3.59. The molecule has 0 saturated heterocycles. The minimum Gasteiger partial charge on any atom is -0.469 e. The number of methoxy groups -OCH3 is 1. The Balaban J connectivity index is 1.59. The molecular formula is C22H20N2O3. The molecule has 3 aromatic rings. The lowest BCUT2D eigenvalue weighted by Gasteiger charge is -2.18. The normalized spacial score (nSPS) is 15.4. The minimum atomic E-state index is -0.264. The summed E-state index contributed by atoms with van der Waals surface area (Å²) in [6, 6.07) is 19.2. The van der Waals surface area contributed by atoms with Gasteiger partial charge in [0.15, 0.2) is 0 Å². The van der Waals surface area contributed by atoms with Crippen LogP contribution in [-0.2, 0) is 9.53 Å². The van der Waals surface area contributed by atoms with Crippen LogP contribution in [0.3, 0.4) is 0 Å². The zero-order chi connectivity index (χ0) is 18.8. The van der Waals surface area contributed by atoms with Gasteiger partial charge in [0.05, 0.1) is 13.5 Å². The molecule has 0 spiro atoms. The molecule has 2 aromatic carbocycles. The number of carbonyl (C=O) groups is 2. The molecular weight excluding hydrogens is 340 g/mol. The van der Waals surface area contributed by atoms with Gasteiger partial charge in [0.25, 0.3) is 5.91 Å². The molecule has 1 atom stereocenters. The first kappa shape index (κ1) is 17.1. The van der Waals surface area contributed by atoms with Crippen molar-refractivity contribution in [3.8, 4) is 5.69 Å². The van der Waals surface area contributed by atoms with Crippen LogP contribution in [0.15, 0.2) is 73.1 Å². The highest BCUT2D eigenvalue weighted by Gasteiger charge is 2.33. The summed E-state index contributed by atoms with van der Waals surface area (Å²) in [6.45, 7) is 0.479. The van der Waals surface area contributed by atoms with E-state index in [1.807, 2.05) is 77.6 Å². The predicted molar refractivity (Wildman–Crippen MR) is 103 cm³/mol. The largest absolute Gasteiger partial charge is 0.469 e. The van der Waals surface area contributed by atoms with Gasteiger partial charge in [0.1, 0.15) is 0 Å². The number of amides is 1. The second-order valence-electron chi connectivity index (χ2n) is 6.59. The number of nitrogens with zero attached hydrogens (tertiary/aromatic N) is 2. The lowest BCUT2D eigenvalue weighted by Crippen LogP contribution is -2.30. The number of fused-ring (bicyclic) bond motifs is 1. The number of ether oxygens (including phenoxy) is 1. The van der Waals surface area contributed by atoms with E-state index in [1.54, 1.807) is 4.90 Å². The standard InChI is InChI=1S/C22H20N2O3/c1-27-21(25)14-17-15-24(20-7-3-2-6-19(17)20)22(26)16-8-10-18(11-9-16)23-12-4-5-13-23/h2-13,17H,14-15H2,1H3. The highest BCUT2D eigenvalue weighted by Crippen LogP contribution is 2.38. The van der Waals surface area contributed by atoms with Gasteiger partial charge in [-0.05, 0) is 48.0 Å². The highest BCUT2D eigenvalue weighted by molar-refractivity contribution is 6.07. The van der Waals surface area contributed by atoms with E-state index in [9.17, 15) is 9.59 Å². The molecule has 0 radical (unpaired) electrons. The van der Waals surface area contributed by atoms with Crippen LogP contribution in [0.2, 0.25) is 0 Å². The van der Waals surface area contributed by atoms with E-state index in [2.05, 4.69) is 0 Å². The maximum Gasteiger partial charge on any atom is 0.306 e. The second kappa shape index (κ2) is 7.11. The average Bonchev–Trinajstić information content (AvgIpc) is 3.36. The molecule has 1 aliphatic heterocycles. The molecule has 1 aliphatic rings. The van der Waals surface area contributed by atoms with Crippen LogP contribution >= 0.6 is 0 Å². The Bertz CT molecular complexity index is 961. The maximum absolute atomic E-state index is 13.1. The molecule has 136 valence electrons. The Morgan fingerprint density at radius 1 is 1.00 bits per heavy atom. The van der Waals surface area contributed by atoms with Crippen molar-refractivity contribution in [3.63, 3.8) is 0 Å². The summed E-state index contributed by atoms with van der Waals surface area (Å²) < 4.78 is 6.80. The van der Waals surface area contributed by atoms with E-state index in [0.717, 1.165) is 16.9 Å². The predicted octanol–water partition coefficient (Wildman–Crippen LogP) is 3.78. The lowest BCUT2D eigenvalue weighted by molar-refractivity contribution is -0.141. The third-order valence-corrected chi connectivity index (χ3v) is 4.97. The first-order valence-electron chi connectivity index (χ1n) is 8.88. The van der Waals surface area contributed by atoms with Gasteiger partial charge in [0.2, 0.25) is 0 Å². The van der Waals surface area contributed by atoms with E-state index in [4.69, 9.17) is 4.74 Å². The van der Waals surface area contributed by atoms with Crippen LogP contribution in [0.25, 0.3) is 5.69 Å². The van der Waals surface area contributed by atoms with Gasteiger partial charge in [-0.25, -0.2) is 0 Å². The molecule has 5 heteroatoms. The van der Waals surface area contributed by atoms with E-state index >= 15 is 0 Å². The van der Waals surface area contributed by atoms with Gasteiger partial charge in [-0.3, -0.25) is 9.59 Å². The number of esters is 1. The summed E-state index contributed by atoms with van der Waals surface area (Å²) in [4.78, 5) is 26.6. The van der Waals surface area contributed by atoms with E-state index < -0.39 is 0 Å². The molecule has 2 heterocycles. The van der Waals surface area contributed by atoms with Crippen molar-refractivity contribution in [1.29, 1.82) is 0 Å². The Morgan fingerprint density at radius 2 is 1.70 bits per heavy atom. The summed E-state index contributed by atoms with van der Waals surface area (Å²) in [7, 11) is 1.39. The number of benzene rings is 2. The molecule has 4 rings (SSSR count). The Hall–Kier alpha value is -3.34. The molecule has 0 saturated carbocycles. The van der Waals surface area contributed by atoms with Crippen molar-refractivity contribution in [2.45, 2.75) is 12.3 Å². The lowest BCUT2D eigenvalue weighted by atomic mass is 9.98. The quantitative estimate of drug-likeness (QED) is 0.665. The topological polar surface area (TPSA) is 51.5 Å². The molecule has 27 heavy (non-hydrogen) atoms. The van der Waals surface area contributed by atoms with Crippen LogP contribution in [0.5, 0.6) is 0 Å². The van der Waals surface area contributed by atoms with Gasteiger partial charge in [0, 0.05) is 41.8 Å². The van der Waals surface area contributed by atoms with Crippen molar-refractivity contribution >= 4 is 17.6 Å². The molecule has 0 N–H and O–H groups in total. The Labute approximate surface area is 157 Å². The molecule has 5 nitrogen and oxygen atoms in total. The smallest absolute Gasteiger partial charge is 0.306 e. The number of rotatable bonds is 4. The van der Waals surface area contributed by atoms with Crippen LogP contribution < -0.4 is 4.90 Å².